The number of nitrogens with zero attached hydrogens (tertiary/aromatic N) is 4. The zero-order valence-electron chi connectivity index (χ0n) is 17.0. The summed E-state index contributed by atoms with van der Waals surface area (Å²) in [5.74, 6) is 0.840. The molecule has 0 atom stereocenters. The maximum atomic E-state index is 6.51. The summed E-state index contributed by atoms with van der Waals surface area (Å²) in [4.78, 5) is 9.91. The van der Waals surface area contributed by atoms with Gasteiger partial charge in [0.1, 0.15) is 5.75 Å². The van der Waals surface area contributed by atoms with Crippen molar-refractivity contribution in [2.24, 2.45) is 4.99 Å². The van der Waals surface area contributed by atoms with Crippen LogP contribution in [-0.2, 0) is 13.1 Å². The Morgan fingerprint density at radius 3 is 2.68 bits per heavy atom. The van der Waals surface area contributed by atoms with Gasteiger partial charge < -0.3 is 13.9 Å². The first-order chi connectivity index (χ1) is 15.1. The molecule has 0 aliphatic rings. The van der Waals surface area contributed by atoms with Gasteiger partial charge >= 0.3 is 0 Å². The van der Waals surface area contributed by atoms with E-state index in [0.29, 0.717) is 16.7 Å². The van der Waals surface area contributed by atoms with Crippen LogP contribution >= 0.6 is 34.5 Å². The van der Waals surface area contributed by atoms with Crippen molar-refractivity contribution >= 4 is 40.2 Å². The first-order valence-electron chi connectivity index (χ1n) is 10.0. The molecule has 5 nitrogen and oxygen atoms in total. The fourth-order valence-electron chi connectivity index (χ4n) is 3.27. The van der Waals surface area contributed by atoms with Gasteiger partial charge in [-0.3, -0.25) is 0 Å². The summed E-state index contributed by atoms with van der Waals surface area (Å²) in [7, 11) is 0. The van der Waals surface area contributed by atoms with Gasteiger partial charge in [0.2, 0.25) is 0 Å². The van der Waals surface area contributed by atoms with Gasteiger partial charge in [-0.1, -0.05) is 23.2 Å². The molecule has 2 heterocycles. The Morgan fingerprint density at radius 2 is 1.94 bits per heavy atom. The molecular weight excluding hydrogens is 451 g/mol. The van der Waals surface area contributed by atoms with Crippen LogP contribution in [0.3, 0.4) is 0 Å². The molecule has 160 valence electrons. The molecule has 0 saturated heterocycles. The Labute approximate surface area is 195 Å². The molecule has 4 aromatic rings. The number of ether oxygens (including phenoxy) is 1. The molecular formula is C23H22Cl2N4OS. The van der Waals surface area contributed by atoms with Gasteiger partial charge in [0.25, 0.3) is 0 Å². The predicted octanol–water partition coefficient (Wildman–Crippen LogP) is 6.44. The SMILES string of the molecule is CCOc1ccc(N=c2scc(-c3cc(Cl)ccc3Cl)n2CCCn2ccnc2)cc1. The minimum atomic E-state index is 0.641. The molecule has 0 aliphatic heterocycles. The minimum Gasteiger partial charge on any atom is -0.494 e. The van der Waals surface area contributed by atoms with Crippen molar-refractivity contribution in [2.45, 2.75) is 26.4 Å². The Hall–Kier alpha value is -2.54. The Bertz CT molecular complexity index is 1200. The number of hydrogen-bond acceptors (Lipinski definition) is 4. The van der Waals surface area contributed by atoms with E-state index < -0.39 is 0 Å². The standard InChI is InChI=1S/C23H22Cl2N4OS/c1-2-30-19-7-5-18(6-8-19)27-23-29(12-3-11-28-13-10-26-16-28)22(15-31-23)20-14-17(24)4-9-21(20)25/h4-10,13-16H,2-3,11-12H2,1H3. The predicted molar refractivity (Wildman–Crippen MR) is 127 cm³/mol. The largest absolute Gasteiger partial charge is 0.494 e. The van der Waals surface area contributed by atoms with Gasteiger partial charge in [-0.2, -0.15) is 0 Å². The number of thiazole rings is 1. The summed E-state index contributed by atoms with van der Waals surface area (Å²) in [6.45, 7) is 4.27. The molecule has 0 unspecified atom stereocenters. The zero-order valence-corrected chi connectivity index (χ0v) is 19.4. The molecule has 31 heavy (non-hydrogen) atoms. The van der Waals surface area contributed by atoms with Crippen LogP contribution in [0.2, 0.25) is 10.0 Å². The third-order valence-corrected chi connectivity index (χ3v) is 6.16. The zero-order chi connectivity index (χ0) is 21.6. The van der Waals surface area contributed by atoms with Crippen LogP contribution in [0.1, 0.15) is 13.3 Å². The van der Waals surface area contributed by atoms with Crippen LogP contribution in [0.25, 0.3) is 11.3 Å². The summed E-state index contributed by atoms with van der Waals surface area (Å²) >= 11 is 14.4. The van der Waals surface area contributed by atoms with E-state index in [-0.39, 0.29) is 0 Å². The molecule has 2 aromatic heterocycles. The lowest BCUT2D eigenvalue weighted by molar-refractivity contribution is 0.340. The lowest BCUT2D eigenvalue weighted by Gasteiger charge is -2.11. The van der Waals surface area contributed by atoms with Crippen molar-refractivity contribution < 1.29 is 4.74 Å². The minimum absolute atomic E-state index is 0.641. The molecule has 8 heteroatoms. The fraction of sp³-hybridized carbons (Fsp3) is 0.217. The van der Waals surface area contributed by atoms with E-state index in [1.165, 1.54) is 0 Å². The highest BCUT2D eigenvalue weighted by molar-refractivity contribution is 7.07. The highest BCUT2D eigenvalue weighted by Gasteiger charge is 2.12. The number of imidazole rings is 1. The maximum Gasteiger partial charge on any atom is 0.190 e. The molecule has 0 fully saturated rings. The number of aryl methyl sites for hydroxylation is 1. The lowest BCUT2D eigenvalue weighted by Crippen LogP contribution is -2.17. The summed E-state index contributed by atoms with van der Waals surface area (Å²) in [6, 6.07) is 13.3. The summed E-state index contributed by atoms with van der Waals surface area (Å²) < 4.78 is 9.81. The van der Waals surface area contributed by atoms with Crippen molar-refractivity contribution in [3.63, 3.8) is 0 Å². The van der Waals surface area contributed by atoms with E-state index in [1.807, 2.05) is 55.8 Å². The number of benzene rings is 2. The third-order valence-electron chi connectivity index (χ3n) is 4.73. The Kier molecular flexibility index (Phi) is 7.12. The van der Waals surface area contributed by atoms with Crippen LogP contribution in [0.4, 0.5) is 5.69 Å². The molecule has 0 radical (unpaired) electrons. The first-order valence-corrected chi connectivity index (χ1v) is 11.6. The topological polar surface area (TPSA) is 44.3 Å². The highest BCUT2D eigenvalue weighted by atomic mass is 35.5. The Balaban J connectivity index is 1.70. The second-order valence-corrected chi connectivity index (χ2v) is 8.55. The molecule has 0 amide bonds. The fourth-order valence-corrected chi connectivity index (χ4v) is 4.60. The van der Waals surface area contributed by atoms with E-state index in [0.717, 1.165) is 47.0 Å². The van der Waals surface area contributed by atoms with Crippen molar-refractivity contribution in [1.82, 2.24) is 14.1 Å². The van der Waals surface area contributed by atoms with Crippen LogP contribution in [0, 0.1) is 0 Å². The van der Waals surface area contributed by atoms with Crippen LogP contribution in [-0.4, -0.2) is 20.7 Å². The van der Waals surface area contributed by atoms with E-state index in [1.54, 1.807) is 23.6 Å². The summed E-state index contributed by atoms with van der Waals surface area (Å²) in [6.07, 6.45) is 6.52. The molecule has 0 spiro atoms. The molecule has 0 aliphatic carbocycles. The van der Waals surface area contributed by atoms with Gasteiger partial charge in [0.15, 0.2) is 4.80 Å². The van der Waals surface area contributed by atoms with Gasteiger partial charge in [-0.25, -0.2) is 9.98 Å². The summed E-state index contributed by atoms with van der Waals surface area (Å²) in [5.41, 5.74) is 2.78. The highest BCUT2D eigenvalue weighted by Crippen LogP contribution is 2.31. The van der Waals surface area contributed by atoms with E-state index in [4.69, 9.17) is 32.9 Å². The lowest BCUT2D eigenvalue weighted by atomic mass is 10.1. The molecule has 0 N–H and O–H groups in total. The second-order valence-electron chi connectivity index (χ2n) is 6.87. The number of aromatic nitrogens is 3. The van der Waals surface area contributed by atoms with Crippen molar-refractivity contribution in [2.75, 3.05) is 6.61 Å². The van der Waals surface area contributed by atoms with Gasteiger partial charge in [0, 0.05) is 41.4 Å². The molecule has 0 bridgehead atoms. The smallest absolute Gasteiger partial charge is 0.190 e. The van der Waals surface area contributed by atoms with Crippen LogP contribution < -0.4 is 9.54 Å². The number of hydrogen-bond donors (Lipinski definition) is 0. The summed E-state index contributed by atoms with van der Waals surface area (Å²) in [5, 5.41) is 3.40. The molecule has 0 saturated carbocycles. The van der Waals surface area contributed by atoms with Gasteiger partial charge in [-0.15, -0.1) is 11.3 Å². The van der Waals surface area contributed by atoms with Crippen molar-refractivity contribution in [3.05, 3.63) is 81.4 Å². The van der Waals surface area contributed by atoms with E-state index in [9.17, 15) is 0 Å². The van der Waals surface area contributed by atoms with Crippen molar-refractivity contribution in [1.29, 1.82) is 0 Å². The third kappa shape index (κ3) is 5.39. The van der Waals surface area contributed by atoms with Crippen molar-refractivity contribution in [3.8, 4) is 17.0 Å². The van der Waals surface area contributed by atoms with E-state index in [2.05, 4.69) is 19.5 Å². The first kappa shape index (κ1) is 21.7. The van der Waals surface area contributed by atoms with Gasteiger partial charge in [-0.05, 0) is 55.8 Å². The quantitative estimate of drug-likeness (QED) is 0.296. The van der Waals surface area contributed by atoms with Gasteiger partial charge in [0.05, 0.1) is 29.3 Å². The molecule has 2 aromatic carbocycles. The second kappa shape index (κ2) is 10.2. The Morgan fingerprint density at radius 1 is 1.10 bits per heavy atom. The maximum absolute atomic E-state index is 6.51. The van der Waals surface area contributed by atoms with E-state index >= 15 is 0 Å². The average molecular weight is 473 g/mol. The number of rotatable bonds is 8. The average Bonchev–Trinajstić information content (AvgIpc) is 3.42. The molecule has 4 rings (SSSR count). The van der Waals surface area contributed by atoms with Crippen LogP contribution in [0.15, 0.2) is 71.6 Å². The van der Waals surface area contributed by atoms with Crippen LogP contribution in [0.5, 0.6) is 5.75 Å². The number of halogens is 2. The monoisotopic (exact) mass is 472 g/mol. The normalized spacial score (nSPS) is 11.8.